The first kappa shape index (κ1) is 23.4. The van der Waals surface area contributed by atoms with Crippen molar-refractivity contribution in [3.63, 3.8) is 0 Å². The maximum Gasteiger partial charge on any atom is 0.316 e. The van der Waals surface area contributed by atoms with Gasteiger partial charge >= 0.3 is 8.25 Å². The zero-order valence-corrected chi connectivity index (χ0v) is 15.4. The van der Waals surface area contributed by atoms with Crippen molar-refractivity contribution in [1.29, 1.82) is 0 Å². The summed E-state index contributed by atoms with van der Waals surface area (Å²) in [5.41, 5.74) is 0. The van der Waals surface area contributed by atoms with Crippen LogP contribution in [0.2, 0.25) is 0 Å². The highest BCUT2D eigenvalue weighted by atomic mass is 31.1. The van der Waals surface area contributed by atoms with Crippen LogP contribution in [0.15, 0.2) is 0 Å². The molecular weight excluding hydrogens is 287 g/mol. The molecule has 0 aromatic carbocycles. The molecule has 0 saturated carbocycles. The topological polar surface area (TPSA) is 55.8 Å². The SMILES string of the molecule is CCCCCCCCCCCCO[PH](=O)O.CCOCC. The van der Waals surface area contributed by atoms with Crippen LogP contribution in [-0.2, 0) is 13.8 Å². The fraction of sp³-hybridized carbons (Fsp3) is 1.00. The monoisotopic (exact) mass is 324 g/mol. The Morgan fingerprint density at radius 3 is 1.52 bits per heavy atom. The van der Waals surface area contributed by atoms with Gasteiger partial charge in [0, 0.05) is 13.2 Å². The summed E-state index contributed by atoms with van der Waals surface area (Å²) in [7, 11) is -2.69. The average Bonchev–Trinajstić information content (AvgIpc) is 2.46. The summed E-state index contributed by atoms with van der Waals surface area (Å²) in [4.78, 5) is 8.42. The van der Waals surface area contributed by atoms with Crippen molar-refractivity contribution in [2.24, 2.45) is 0 Å². The Balaban J connectivity index is 0. The standard InChI is InChI=1S/C12H27O3P.C4H10O/c1-2-3-4-5-6-7-8-9-10-11-12-15-16(13)14;1-3-5-4-2/h16H,2-12H2,1H3,(H,13,14);3-4H2,1-2H3. The van der Waals surface area contributed by atoms with E-state index in [4.69, 9.17) is 9.63 Å². The predicted octanol–water partition coefficient (Wildman–Crippen LogP) is 5.35. The van der Waals surface area contributed by atoms with Crippen LogP contribution < -0.4 is 0 Å². The molecule has 0 aliphatic carbocycles. The molecule has 1 atom stereocenters. The van der Waals surface area contributed by atoms with Gasteiger partial charge in [0.1, 0.15) is 0 Å². The third-order valence-electron chi connectivity index (χ3n) is 3.13. The third-order valence-corrected chi connectivity index (χ3v) is 3.58. The fourth-order valence-corrected chi connectivity index (χ4v) is 2.27. The van der Waals surface area contributed by atoms with E-state index >= 15 is 0 Å². The van der Waals surface area contributed by atoms with Crippen molar-refractivity contribution in [1.82, 2.24) is 0 Å². The van der Waals surface area contributed by atoms with E-state index in [-0.39, 0.29) is 0 Å². The first-order valence-corrected chi connectivity index (χ1v) is 9.88. The summed E-state index contributed by atoms with van der Waals surface area (Å²) in [6, 6.07) is 0. The van der Waals surface area contributed by atoms with Crippen LogP contribution in [0.4, 0.5) is 0 Å². The molecule has 0 aliphatic heterocycles. The smallest absolute Gasteiger partial charge is 0.316 e. The molecule has 0 heterocycles. The van der Waals surface area contributed by atoms with Crippen molar-refractivity contribution in [2.75, 3.05) is 19.8 Å². The zero-order valence-electron chi connectivity index (χ0n) is 14.4. The van der Waals surface area contributed by atoms with E-state index in [1.807, 2.05) is 13.8 Å². The third kappa shape index (κ3) is 28.9. The van der Waals surface area contributed by atoms with Crippen molar-refractivity contribution in [3.8, 4) is 0 Å². The van der Waals surface area contributed by atoms with Gasteiger partial charge in [0.05, 0.1) is 6.61 Å². The van der Waals surface area contributed by atoms with Gasteiger partial charge in [-0.05, 0) is 20.3 Å². The number of unbranched alkanes of at least 4 members (excludes halogenated alkanes) is 9. The number of hydrogen-bond acceptors (Lipinski definition) is 3. The molecule has 130 valence electrons. The van der Waals surface area contributed by atoms with Gasteiger partial charge in [-0.1, -0.05) is 64.7 Å². The molecule has 0 amide bonds. The van der Waals surface area contributed by atoms with E-state index in [1.54, 1.807) is 0 Å². The van der Waals surface area contributed by atoms with Crippen LogP contribution in [0.5, 0.6) is 0 Å². The highest BCUT2D eigenvalue weighted by molar-refractivity contribution is 7.32. The molecule has 0 radical (unpaired) electrons. The molecule has 21 heavy (non-hydrogen) atoms. The lowest BCUT2D eigenvalue weighted by molar-refractivity contribution is 0.162. The van der Waals surface area contributed by atoms with Crippen LogP contribution in [0, 0.1) is 0 Å². The van der Waals surface area contributed by atoms with Gasteiger partial charge in [-0.3, -0.25) is 4.57 Å². The quantitative estimate of drug-likeness (QED) is 0.346. The van der Waals surface area contributed by atoms with Crippen LogP contribution in [-0.4, -0.2) is 24.7 Å². The molecule has 1 unspecified atom stereocenters. The molecule has 1 N–H and O–H groups in total. The molecule has 0 saturated heterocycles. The van der Waals surface area contributed by atoms with Crippen LogP contribution in [0.25, 0.3) is 0 Å². The minimum absolute atomic E-state index is 0.435. The van der Waals surface area contributed by atoms with E-state index in [9.17, 15) is 4.57 Å². The van der Waals surface area contributed by atoms with E-state index in [1.165, 1.54) is 51.4 Å². The second-order valence-electron chi connectivity index (χ2n) is 5.08. The molecular formula is C16H37O4P. The normalized spacial score (nSPS) is 11.8. The number of ether oxygens (including phenoxy) is 1. The second-order valence-corrected chi connectivity index (χ2v) is 5.90. The Labute approximate surface area is 132 Å². The Morgan fingerprint density at radius 1 is 0.762 bits per heavy atom. The van der Waals surface area contributed by atoms with Crippen LogP contribution in [0.1, 0.15) is 85.0 Å². The first-order chi connectivity index (χ1) is 10.2. The van der Waals surface area contributed by atoms with Gasteiger partial charge in [-0.2, -0.15) is 0 Å². The van der Waals surface area contributed by atoms with Crippen molar-refractivity contribution < 1.29 is 18.7 Å². The van der Waals surface area contributed by atoms with E-state index in [0.29, 0.717) is 6.61 Å². The van der Waals surface area contributed by atoms with E-state index in [0.717, 1.165) is 26.1 Å². The molecule has 0 aliphatic rings. The predicted molar refractivity (Wildman–Crippen MR) is 91.2 cm³/mol. The average molecular weight is 324 g/mol. The van der Waals surface area contributed by atoms with Gasteiger partial charge in [0.2, 0.25) is 0 Å². The van der Waals surface area contributed by atoms with E-state index < -0.39 is 8.25 Å². The Bertz CT molecular complexity index is 199. The summed E-state index contributed by atoms with van der Waals surface area (Å²) in [5, 5.41) is 0. The first-order valence-electron chi connectivity index (χ1n) is 8.62. The molecule has 5 heteroatoms. The Kier molecular flexibility index (Phi) is 24.9. The number of hydrogen-bond donors (Lipinski definition) is 1. The lowest BCUT2D eigenvalue weighted by atomic mass is 10.1. The minimum Gasteiger partial charge on any atom is -0.382 e. The molecule has 4 nitrogen and oxygen atoms in total. The zero-order chi connectivity index (χ0) is 16.2. The second kappa shape index (κ2) is 22.4. The summed E-state index contributed by atoms with van der Waals surface area (Å²) in [5.74, 6) is 0. The largest absolute Gasteiger partial charge is 0.382 e. The van der Waals surface area contributed by atoms with Crippen LogP contribution >= 0.6 is 8.25 Å². The fourth-order valence-electron chi connectivity index (χ4n) is 1.95. The molecule has 0 spiro atoms. The lowest BCUT2D eigenvalue weighted by Gasteiger charge is -2.02. The maximum atomic E-state index is 10.2. The van der Waals surface area contributed by atoms with Gasteiger partial charge in [-0.15, -0.1) is 0 Å². The van der Waals surface area contributed by atoms with Gasteiger partial charge in [-0.25, -0.2) is 0 Å². The van der Waals surface area contributed by atoms with Crippen molar-refractivity contribution in [3.05, 3.63) is 0 Å². The van der Waals surface area contributed by atoms with Crippen LogP contribution in [0.3, 0.4) is 0 Å². The van der Waals surface area contributed by atoms with Gasteiger partial charge in [0.25, 0.3) is 0 Å². The molecule has 0 aromatic heterocycles. The lowest BCUT2D eigenvalue weighted by Crippen LogP contribution is -1.87. The molecule has 0 rings (SSSR count). The highest BCUT2D eigenvalue weighted by Gasteiger charge is 1.94. The highest BCUT2D eigenvalue weighted by Crippen LogP contribution is 2.16. The number of rotatable bonds is 14. The summed E-state index contributed by atoms with van der Waals surface area (Å²) >= 11 is 0. The minimum atomic E-state index is -2.69. The van der Waals surface area contributed by atoms with Crippen molar-refractivity contribution >= 4 is 8.25 Å². The van der Waals surface area contributed by atoms with Crippen molar-refractivity contribution in [2.45, 2.75) is 85.0 Å². The molecule has 0 aromatic rings. The molecule has 0 fully saturated rings. The Morgan fingerprint density at radius 2 is 1.19 bits per heavy atom. The summed E-state index contributed by atoms with van der Waals surface area (Å²) < 4.78 is 19.7. The maximum absolute atomic E-state index is 10.2. The Hall–Kier alpha value is 0.110. The van der Waals surface area contributed by atoms with E-state index in [2.05, 4.69) is 11.4 Å². The van der Waals surface area contributed by atoms with Gasteiger partial charge < -0.3 is 14.2 Å². The summed E-state index contributed by atoms with van der Waals surface area (Å²) in [6.45, 7) is 8.34. The van der Waals surface area contributed by atoms with Gasteiger partial charge in [0.15, 0.2) is 0 Å². The summed E-state index contributed by atoms with van der Waals surface area (Å²) in [6.07, 6.45) is 12.7. The molecule has 0 bridgehead atoms.